The minimum atomic E-state index is -0.0639. The molecule has 0 saturated heterocycles. The van der Waals surface area contributed by atoms with Gasteiger partial charge in [-0.3, -0.25) is 0 Å². The molecule has 0 aliphatic heterocycles. The van der Waals surface area contributed by atoms with Crippen LogP contribution in [0.25, 0.3) is 33.1 Å². The second-order valence-corrected chi connectivity index (χ2v) is 10.3. The number of anilines is 3. The van der Waals surface area contributed by atoms with E-state index in [0.29, 0.717) is 0 Å². The van der Waals surface area contributed by atoms with Gasteiger partial charge in [-0.2, -0.15) is 0 Å². The van der Waals surface area contributed by atoms with Crippen molar-refractivity contribution in [2.45, 2.75) is 26.2 Å². The zero-order chi connectivity index (χ0) is 24.4. The fraction of sp³-hybridized carbons (Fsp3) is 0.118. The predicted octanol–water partition coefficient (Wildman–Crippen LogP) is 9.67. The van der Waals surface area contributed by atoms with Gasteiger partial charge in [0.05, 0.1) is 5.69 Å². The van der Waals surface area contributed by atoms with Gasteiger partial charge in [-0.1, -0.05) is 86.6 Å². The largest absolute Gasteiger partial charge is 0.454 e. The van der Waals surface area contributed by atoms with E-state index < -0.39 is 0 Å². The molecular formula is C34H27NO. The van der Waals surface area contributed by atoms with Crippen LogP contribution in [0, 0.1) is 6.92 Å². The number of para-hydroxylation sites is 2. The lowest BCUT2D eigenvalue weighted by atomic mass is 9.82. The molecule has 0 fully saturated rings. The smallest absolute Gasteiger partial charge is 0.159 e. The van der Waals surface area contributed by atoms with Crippen molar-refractivity contribution in [2.24, 2.45) is 0 Å². The Bertz CT molecular complexity index is 1790. The monoisotopic (exact) mass is 465 g/mol. The molecule has 6 aromatic rings. The molecule has 0 atom stereocenters. The van der Waals surface area contributed by atoms with Gasteiger partial charge in [0.25, 0.3) is 0 Å². The van der Waals surface area contributed by atoms with Gasteiger partial charge in [0.2, 0.25) is 0 Å². The molecule has 0 amide bonds. The molecule has 2 nitrogen and oxygen atoms in total. The highest BCUT2D eigenvalue weighted by molar-refractivity contribution is 6.10. The van der Waals surface area contributed by atoms with E-state index in [1.54, 1.807) is 0 Å². The predicted molar refractivity (Wildman–Crippen MR) is 151 cm³/mol. The molecule has 1 aliphatic carbocycles. The van der Waals surface area contributed by atoms with E-state index >= 15 is 0 Å². The molecular weight excluding hydrogens is 438 g/mol. The second-order valence-electron chi connectivity index (χ2n) is 10.3. The van der Waals surface area contributed by atoms with Crippen molar-refractivity contribution < 1.29 is 4.42 Å². The fourth-order valence-corrected chi connectivity index (χ4v) is 5.93. The van der Waals surface area contributed by atoms with Gasteiger partial charge >= 0.3 is 0 Å². The van der Waals surface area contributed by atoms with Crippen LogP contribution in [0.4, 0.5) is 17.1 Å². The van der Waals surface area contributed by atoms with Gasteiger partial charge in [0, 0.05) is 27.6 Å². The summed E-state index contributed by atoms with van der Waals surface area (Å²) in [5.41, 5.74) is 11.7. The molecule has 7 rings (SSSR count). The van der Waals surface area contributed by atoms with Crippen LogP contribution in [0.3, 0.4) is 0 Å². The van der Waals surface area contributed by atoms with Crippen molar-refractivity contribution in [1.82, 2.24) is 0 Å². The Hall–Kier alpha value is -4.30. The van der Waals surface area contributed by atoms with Crippen LogP contribution < -0.4 is 4.90 Å². The summed E-state index contributed by atoms with van der Waals surface area (Å²) in [6.45, 7) is 6.81. The first kappa shape index (κ1) is 21.0. The van der Waals surface area contributed by atoms with Crippen molar-refractivity contribution in [3.63, 3.8) is 0 Å². The first-order chi connectivity index (χ1) is 17.5. The fourth-order valence-electron chi connectivity index (χ4n) is 5.93. The Kier molecular flexibility index (Phi) is 4.44. The average molecular weight is 466 g/mol. The lowest BCUT2D eigenvalue weighted by Gasteiger charge is -2.28. The quantitative estimate of drug-likeness (QED) is 0.259. The van der Waals surface area contributed by atoms with Gasteiger partial charge in [0.1, 0.15) is 5.58 Å². The molecule has 174 valence electrons. The molecule has 0 bridgehead atoms. The molecule has 5 aromatic carbocycles. The number of rotatable bonds is 3. The number of aryl methyl sites for hydroxylation is 1. The molecule has 1 aliphatic rings. The molecule has 0 radical (unpaired) electrons. The summed E-state index contributed by atoms with van der Waals surface area (Å²) in [4.78, 5) is 2.34. The van der Waals surface area contributed by atoms with Crippen LogP contribution in [-0.2, 0) is 5.41 Å². The van der Waals surface area contributed by atoms with Gasteiger partial charge in [-0.15, -0.1) is 0 Å². The number of benzene rings is 5. The van der Waals surface area contributed by atoms with Gasteiger partial charge in [0.15, 0.2) is 5.58 Å². The van der Waals surface area contributed by atoms with Crippen molar-refractivity contribution in [2.75, 3.05) is 4.90 Å². The first-order valence-corrected chi connectivity index (χ1v) is 12.5. The first-order valence-electron chi connectivity index (χ1n) is 12.5. The molecule has 1 aromatic heterocycles. The lowest BCUT2D eigenvalue weighted by molar-refractivity contribution is 0.660. The van der Waals surface area contributed by atoms with Gasteiger partial charge in [-0.25, -0.2) is 0 Å². The summed E-state index contributed by atoms with van der Waals surface area (Å²) in [7, 11) is 0. The SMILES string of the molecule is Cc1cccc(N(c2ccc3c(c2)C(C)(C)c2ccccc2-3)c2cccc3c2oc2ccccc23)c1. The Balaban J connectivity index is 1.50. The maximum Gasteiger partial charge on any atom is 0.159 e. The average Bonchev–Trinajstić information content (AvgIpc) is 3.38. The van der Waals surface area contributed by atoms with Gasteiger partial charge < -0.3 is 9.32 Å². The van der Waals surface area contributed by atoms with Crippen LogP contribution in [0.5, 0.6) is 0 Å². The van der Waals surface area contributed by atoms with E-state index in [1.807, 2.05) is 12.1 Å². The number of nitrogens with zero attached hydrogens (tertiary/aromatic N) is 1. The molecule has 36 heavy (non-hydrogen) atoms. The van der Waals surface area contributed by atoms with E-state index in [-0.39, 0.29) is 5.41 Å². The maximum atomic E-state index is 6.48. The molecule has 0 saturated carbocycles. The highest BCUT2D eigenvalue weighted by Crippen LogP contribution is 2.51. The minimum Gasteiger partial charge on any atom is -0.454 e. The third-order valence-electron chi connectivity index (χ3n) is 7.71. The minimum absolute atomic E-state index is 0.0639. The van der Waals surface area contributed by atoms with Crippen LogP contribution in [0.1, 0.15) is 30.5 Å². The van der Waals surface area contributed by atoms with E-state index in [1.165, 1.54) is 27.8 Å². The lowest BCUT2D eigenvalue weighted by Crippen LogP contribution is -2.16. The Morgan fingerprint density at radius 1 is 0.611 bits per heavy atom. The maximum absolute atomic E-state index is 6.48. The van der Waals surface area contributed by atoms with Crippen molar-refractivity contribution in [1.29, 1.82) is 0 Å². The summed E-state index contributed by atoms with van der Waals surface area (Å²) in [5, 5.41) is 2.28. The number of furan rings is 1. The van der Waals surface area contributed by atoms with Crippen LogP contribution in [0.2, 0.25) is 0 Å². The highest BCUT2D eigenvalue weighted by Gasteiger charge is 2.35. The third-order valence-corrected chi connectivity index (χ3v) is 7.71. The van der Waals surface area contributed by atoms with Crippen LogP contribution >= 0.6 is 0 Å². The summed E-state index contributed by atoms with van der Waals surface area (Å²) in [5.74, 6) is 0. The van der Waals surface area contributed by atoms with E-state index in [4.69, 9.17) is 4.42 Å². The summed E-state index contributed by atoms with van der Waals surface area (Å²) in [6.07, 6.45) is 0. The standard InChI is InChI=1S/C34H27NO/c1-22-10-8-11-23(20-22)35(31-16-9-14-28-27-13-5-7-17-32(27)36-33(28)31)24-18-19-26-25-12-4-6-15-29(25)34(2,3)30(26)21-24/h4-21H,1-3H3. The summed E-state index contributed by atoms with van der Waals surface area (Å²) >= 11 is 0. The molecule has 0 unspecified atom stereocenters. The number of hydrogen-bond acceptors (Lipinski definition) is 2. The highest BCUT2D eigenvalue weighted by atomic mass is 16.3. The molecule has 0 spiro atoms. The molecule has 1 heterocycles. The van der Waals surface area contributed by atoms with Crippen molar-refractivity contribution in [3.05, 3.63) is 126 Å². The van der Waals surface area contributed by atoms with E-state index in [2.05, 4.69) is 123 Å². The van der Waals surface area contributed by atoms with E-state index in [0.717, 1.165) is 39.0 Å². The third kappa shape index (κ3) is 2.97. The molecule has 0 N–H and O–H groups in total. The Morgan fingerprint density at radius 2 is 1.33 bits per heavy atom. The Labute approximate surface area is 211 Å². The van der Waals surface area contributed by atoms with Crippen LogP contribution in [0.15, 0.2) is 114 Å². The number of fused-ring (bicyclic) bond motifs is 6. The topological polar surface area (TPSA) is 16.4 Å². The summed E-state index contributed by atoms with van der Waals surface area (Å²) in [6, 6.07) is 39.2. The normalized spacial score (nSPS) is 13.6. The number of hydrogen-bond donors (Lipinski definition) is 0. The zero-order valence-electron chi connectivity index (χ0n) is 20.7. The summed E-state index contributed by atoms with van der Waals surface area (Å²) < 4.78 is 6.48. The van der Waals surface area contributed by atoms with Crippen molar-refractivity contribution >= 4 is 39.0 Å². The Morgan fingerprint density at radius 3 is 2.22 bits per heavy atom. The van der Waals surface area contributed by atoms with Gasteiger partial charge in [-0.05, 0) is 71.1 Å². The molecule has 2 heteroatoms. The van der Waals surface area contributed by atoms with Crippen LogP contribution in [-0.4, -0.2) is 0 Å². The van der Waals surface area contributed by atoms with Crippen molar-refractivity contribution in [3.8, 4) is 11.1 Å². The second kappa shape index (κ2) is 7.60. The van der Waals surface area contributed by atoms with E-state index in [9.17, 15) is 0 Å². The zero-order valence-corrected chi connectivity index (χ0v) is 20.7.